The first-order valence-corrected chi connectivity index (χ1v) is 15.2. The number of hydrogen-bond donors (Lipinski definition) is 2. The zero-order chi connectivity index (χ0) is 27.3. The number of alkyl carbamates (subject to hydrolysis) is 1. The Hall–Kier alpha value is -2.74. The van der Waals surface area contributed by atoms with E-state index in [1.54, 1.807) is 0 Å². The first-order valence-electron chi connectivity index (χ1n) is 12.2. The Balaban J connectivity index is 2.11. The fourth-order valence-corrected chi connectivity index (χ4v) is 6.46. The molecule has 0 heterocycles. The predicted octanol–water partition coefficient (Wildman–Crippen LogP) is 4.62. The van der Waals surface area contributed by atoms with Gasteiger partial charge in [0.1, 0.15) is 12.6 Å². The molecule has 2 aromatic rings. The van der Waals surface area contributed by atoms with Crippen LogP contribution in [0, 0.1) is 5.92 Å². The Morgan fingerprint density at radius 3 is 2.05 bits per heavy atom. The number of benzene rings is 2. The van der Waals surface area contributed by atoms with E-state index in [1.807, 2.05) is 74.5 Å². The quantitative estimate of drug-likeness (QED) is 0.262. The molecule has 0 bridgehead atoms. The lowest BCUT2D eigenvalue weighted by Crippen LogP contribution is -2.43. The minimum absolute atomic E-state index is 0.0444. The third kappa shape index (κ3) is 10.6. The SMILES string of the molecule is COC(=O)[C@H](CC(C)C)NC(=O)CCP(=S)(OC)C(Cc1ccccc1)NC(=O)OCc1ccccc1. The van der Waals surface area contributed by atoms with Crippen LogP contribution in [0.3, 0.4) is 0 Å². The zero-order valence-corrected chi connectivity index (χ0v) is 23.6. The minimum Gasteiger partial charge on any atom is -0.467 e. The molecule has 2 amide bonds. The van der Waals surface area contributed by atoms with E-state index in [0.717, 1.165) is 11.1 Å². The molecule has 0 fully saturated rings. The van der Waals surface area contributed by atoms with Crippen molar-refractivity contribution < 1.29 is 28.4 Å². The van der Waals surface area contributed by atoms with E-state index in [-0.39, 0.29) is 31.0 Å². The molecule has 0 saturated heterocycles. The Kier molecular flexibility index (Phi) is 12.8. The van der Waals surface area contributed by atoms with Crippen molar-refractivity contribution in [3.63, 3.8) is 0 Å². The Labute approximate surface area is 224 Å². The molecular formula is C27H37N2O6PS. The second-order valence-corrected chi connectivity index (χ2v) is 13.8. The van der Waals surface area contributed by atoms with Gasteiger partial charge in [0.15, 0.2) is 0 Å². The summed E-state index contributed by atoms with van der Waals surface area (Å²) in [6.07, 6.45) is -2.18. The maximum Gasteiger partial charge on any atom is 0.408 e. The van der Waals surface area contributed by atoms with Gasteiger partial charge < -0.3 is 24.6 Å². The molecule has 0 aliphatic heterocycles. The van der Waals surface area contributed by atoms with Crippen LogP contribution in [0.15, 0.2) is 60.7 Å². The fourth-order valence-electron chi connectivity index (χ4n) is 3.75. The maximum atomic E-state index is 12.8. The highest BCUT2D eigenvalue weighted by Gasteiger charge is 2.32. The van der Waals surface area contributed by atoms with Crippen molar-refractivity contribution in [3.8, 4) is 0 Å². The number of rotatable bonds is 14. The second kappa shape index (κ2) is 15.5. The molecule has 202 valence electrons. The summed E-state index contributed by atoms with van der Waals surface area (Å²) in [5.41, 5.74) is 1.83. The summed E-state index contributed by atoms with van der Waals surface area (Å²) >= 11 is 5.94. The van der Waals surface area contributed by atoms with Gasteiger partial charge in [0.25, 0.3) is 0 Å². The van der Waals surface area contributed by atoms with Crippen LogP contribution in [0.25, 0.3) is 0 Å². The average Bonchev–Trinajstić information content (AvgIpc) is 2.90. The molecule has 2 N–H and O–H groups in total. The standard InChI is InChI=1S/C27H37N2O6PS/c1-20(2)17-23(26(31)33-3)28-24(30)15-16-36(37,34-4)25(18-21-11-7-5-8-12-21)29-27(32)35-19-22-13-9-6-10-14-22/h5-14,20,23,25H,15-19H2,1-4H3,(H,28,30)(H,29,32)/t23-,25?,36?/m0/s1. The summed E-state index contributed by atoms with van der Waals surface area (Å²) in [4.78, 5) is 37.6. The van der Waals surface area contributed by atoms with Gasteiger partial charge in [-0.3, -0.25) is 4.79 Å². The number of ether oxygens (including phenoxy) is 2. The molecule has 0 aliphatic carbocycles. The summed E-state index contributed by atoms with van der Waals surface area (Å²) in [5, 5.41) is 5.65. The number of esters is 1. The summed E-state index contributed by atoms with van der Waals surface area (Å²) in [5.74, 6) is -1.18. The molecule has 10 heteroatoms. The van der Waals surface area contributed by atoms with Gasteiger partial charge in [0, 0.05) is 19.7 Å². The van der Waals surface area contributed by atoms with Crippen molar-refractivity contribution in [2.45, 2.75) is 51.5 Å². The van der Waals surface area contributed by atoms with E-state index in [4.69, 9.17) is 25.8 Å². The topological polar surface area (TPSA) is 103 Å². The Morgan fingerprint density at radius 1 is 0.919 bits per heavy atom. The first kappa shape index (κ1) is 30.5. The van der Waals surface area contributed by atoms with Crippen molar-refractivity contribution in [2.24, 2.45) is 5.92 Å². The highest BCUT2D eigenvalue weighted by molar-refractivity contribution is 8.12. The minimum atomic E-state index is -2.74. The third-order valence-electron chi connectivity index (χ3n) is 5.73. The highest BCUT2D eigenvalue weighted by atomic mass is 32.4. The second-order valence-electron chi connectivity index (χ2n) is 9.07. The van der Waals surface area contributed by atoms with Gasteiger partial charge in [-0.1, -0.05) is 86.3 Å². The van der Waals surface area contributed by atoms with E-state index < -0.39 is 30.2 Å². The van der Waals surface area contributed by atoms with E-state index in [1.165, 1.54) is 14.2 Å². The maximum absolute atomic E-state index is 12.8. The Bertz CT molecular complexity index is 1050. The highest BCUT2D eigenvalue weighted by Crippen LogP contribution is 2.52. The number of methoxy groups -OCH3 is 1. The lowest BCUT2D eigenvalue weighted by Gasteiger charge is -2.30. The summed E-state index contributed by atoms with van der Waals surface area (Å²) in [6.45, 7) is 4.04. The van der Waals surface area contributed by atoms with E-state index in [2.05, 4.69) is 10.6 Å². The number of hydrogen-bond acceptors (Lipinski definition) is 7. The van der Waals surface area contributed by atoms with Crippen LogP contribution >= 0.6 is 6.26 Å². The number of amides is 2. The molecule has 2 rings (SSSR count). The van der Waals surface area contributed by atoms with Crippen LogP contribution in [-0.2, 0) is 48.4 Å². The van der Waals surface area contributed by atoms with Crippen molar-refractivity contribution >= 4 is 36.0 Å². The van der Waals surface area contributed by atoms with Crippen LogP contribution in [-0.4, -0.2) is 50.2 Å². The smallest absolute Gasteiger partial charge is 0.408 e. The van der Waals surface area contributed by atoms with Crippen LogP contribution < -0.4 is 10.6 Å². The van der Waals surface area contributed by atoms with E-state index in [0.29, 0.717) is 12.8 Å². The number of carbonyl (C=O) groups is 3. The molecule has 8 nitrogen and oxygen atoms in total. The van der Waals surface area contributed by atoms with E-state index in [9.17, 15) is 14.4 Å². The van der Waals surface area contributed by atoms with Gasteiger partial charge in [0.05, 0.1) is 19.2 Å². The predicted molar refractivity (Wildman–Crippen MR) is 148 cm³/mol. The van der Waals surface area contributed by atoms with Crippen molar-refractivity contribution in [3.05, 3.63) is 71.8 Å². The first-order chi connectivity index (χ1) is 17.7. The van der Waals surface area contributed by atoms with Gasteiger partial charge in [-0.2, -0.15) is 0 Å². The monoisotopic (exact) mass is 548 g/mol. The molecular weight excluding hydrogens is 511 g/mol. The molecule has 3 atom stereocenters. The van der Waals surface area contributed by atoms with Gasteiger partial charge in [-0.05, 0) is 29.9 Å². The van der Waals surface area contributed by atoms with Gasteiger partial charge >= 0.3 is 12.1 Å². The lowest BCUT2D eigenvalue weighted by molar-refractivity contribution is -0.145. The summed E-state index contributed by atoms with van der Waals surface area (Å²) in [7, 11) is 2.80. The normalized spacial score (nSPS) is 14.2. The lowest BCUT2D eigenvalue weighted by atomic mass is 10.0. The van der Waals surface area contributed by atoms with Crippen molar-refractivity contribution in [1.29, 1.82) is 0 Å². The number of nitrogens with one attached hydrogen (secondary N) is 2. The van der Waals surface area contributed by atoms with Crippen LogP contribution in [0.2, 0.25) is 0 Å². The van der Waals surface area contributed by atoms with E-state index >= 15 is 0 Å². The molecule has 2 aromatic carbocycles. The van der Waals surface area contributed by atoms with Crippen LogP contribution in [0.5, 0.6) is 0 Å². The largest absolute Gasteiger partial charge is 0.467 e. The number of carbonyl (C=O) groups excluding carboxylic acids is 3. The van der Waals surface area contributed by atoms with Crippen LogP contribution in [0.1, 0.15) is 37.8 Å². The zero-order valence-electron chi connectivity index (χ0n) is 21.8. The molecule has 0 radical (unpaired) electrons. The third-order valence-corrected chi connectivity index (χ3v) is 10.2. The molecule has 0 saturated carbocycles. The summed E-state index contributed by atoms with van der Waals surface area (Å²) < 4.78 is 16.1. The Morgan fingerprint density at radius 2 is 1.51 bits per heavy atom. The van der Waals surface area contributed by atoms with Crippen LogP contribution in [0.4, 0.5) is 4.79 Å². The molecule has 2 unspecified atom stereocenters. The molecule has 0 aliphatic rings. The molecule has 37 heavy (non-hydrogen) atoms. The fraction of sp³-hybridized carbons (Fsp3) is 0.444. The average molecular weight is 549 g/mol. The van der Waals surface area contributed by atoms with Crippen molar-refractivity contribution in [2.75, 3.05) is 20.4 Å². The van der Waals surface area contributed by atoms with Gasteiger partial charge in [-0.15, -0.1) is 0 Å². The molecule has 0 spiro atoms. The van der Waals surface area contributed by atoms with Gasteiger partial charge in [-0.25, -0.2) is 9.59 Å². The van der Waals surface area contributed by atoms with Gasteiger partial charge in [0.2, 0.25) is 5.91 Å². The van der Waals surface area contributed by atoms with Crippen molar-refractivity contribution in [1.82, 2.24) is 10.6 Å². The molecule has 0 aromatic heterocycles. The summed E-state index contributed by atoms with van der Waals surface area (Å²) in [6, 6.07) is 18.2.